The van der Waals surface area contributed by atoms with Crippen LogP contribution in [0.1, 0.15) is 46.0 Å². The molecule has 0 radical (unpaired) electrons. The maximum atomic E-state index is 5.56. The van der Waals surface area contributed by atoms with Crippen LogP contribution in [0.5, 0.6) is 0 Å². The molecule has 1 unspecified atom stereocenters. The van der Waals surface area contributed by atoms with Gasteiger partial charge in [0.25, 0.3) is 0 Å². The second-order valence-electron chi connectivity index (χ2n) is 6.15. The zero-order chi connectivity index (χ0) is 16.0. The van der Waals surface area contributed by atoms with Gasteiger partial charge in [0.15, 0.2) is 5.96 Å². The summed E-state index contributed by atoms with van der Waals surface area (Å²) in [5, 5.41) is 6.82. The number of guanidine groups is 1. The highest BCUT2D eigenvalue weighted by Gasteiger charge is 2.21. The number of likely N-dealkylation sites (tertiary alicyclic amines) is 1. The fourth-order valence-corrected chi connectivity index (χ4v) is 2.79. The zero-order valence-electron chi connectivity index (χ0n) is 14.9. The first-order valence-corrected chi connectivity index (χ1v) is 9.04. The monoisotopic (exact) mass is 312 g/mol. The molecular weight excluding hydrogens is 276 g/mol. The van der Waals surface area contributed by atoms with Gasteiger partial charge in [-0.3, -0.25) is 4.99 Å². The molecule has 1 aliphatic rings. The molecule has 0 spiro atoms. The van der Waals surface area contributed by atoms with Crippen LogP contribution < -0.4 is 10.6 Å². The third-order valence-corrected chi connectivity index (χ3v) is 4.09. The molecule has 1 saturated heterocycles. The van der Waals surface area contributed by atoms with Gasteiger partial charge in [0, 0.05) is 39.9 Å². The van der Waals surface area contributed by atoms with Crippen molar-refractivity contribution in [1.29, 1.82) is 0 Å². The second-order valence-corrected chi connectivity index (χ2v) is 6.15. The number of unbranched alkanes of at least 4 members (excludes halogenated alkanes) is 1. The van der Waals surface area contributed by atoms with E-state index in [-0.39, 0.29) is 0 Å². The van der Waals surface area contributed by atoms with E-state index < -0.39 is 0 Å². The van der Waals surface area contributed by atoms with E-state index in [1.54, 1.807) is 0 Å². The van der Waals surface area contributed by atoms with Crippen LogP contribution in [-0.4, -0.2) is 63.8 Å². The number of nitrogens with one attached hydrogen (secondary N) is 2. The third kappa shape index (κ3) is 8.59. The van der Waals surface area contributed by atoms with E-state index in [2.05, 4.69) is 34.4 Å². The first-order chi connectivity index (χ1) is 10.8. The van der Waals surface area contributed by atoms with Crippen molar-refractivity contribution in [3.8, 4) is 0 Å². The molecule has 130 valence electrons. The van der Waals surface area contributed by atoms with Gasteiger partial charge in [-0.05, 0) is 44.7 Å². The fraction of sp³-hybridized carbons (Fsp3) is 0.941. The number of hydrogen-bond acceptors (Lipinski definition) is 3. The third-order valence-electron chi connectivity index (χ3n) is 4.09. The molecule has 5 heteroatoms. The first kappa shape index (κ1) is 19.2. The van der Waals surface area contributed by atoms with Crippen molar-refractivity contribution in [2.45, 2.75) is 46.0 Å². The van der Waals surface area contributed by atoms with E-state index in [4.69, 9.17) is 4.74 Å². The van der Waals surface area contributed by atoms with Crippen LogP contribution in [0, 0.1) is 5.92 Å². The van der Waals surface area contributed by atoms with Gasteiger partial charge in [-0.1, -0.05) is 20.3 Å². The largest absolute Gasteiger partial charge is 0.381 e. The number of hydrogen-bond donors (Lipinski definition) is 2. The Morgan fingerprint density at radius 3 is 2.73 bits per heavy atom. The average Bonchev–Trinajstić information content (AvgIpc) is 2.97. The lowest BCUT2D eigenvalue weighted by Crippen LogP contribution is -2.40. The van der Waals surface area contributed by atoms with Gasteiger partial charge in [-0.15, -0.1) is 0 Å². The average molecular weight is 313 g/mol. The summed E-state index contributed by atoms with van der Waals surface area (Å²) in [5.41, 5.74) is 0. The maximum Gasteiger partial charge on any atom is 0.190 e. The molecule has 1 fully saturated rings. The minimum atomic E-state index is 0.752. The van der Waals surface area contributed by atoms with Crippen molar-refractivity contribution < 1.29 is 4.74 Å². The lowest BCUT2D eigenvalue weighted by molar-refractivity contribution is 0.129. The smallest absolute Gasteiger partial charge is 0.190 e. The van der Waals surface area contributed by atoms with Gasteiger partial charge in [0.1, 0.15) is 0 Å². The predicted molar refractivity (Wildman–Crippen MR) is 94.5 cm³/mol. The zero-order valence-corrected chi connectivity index (χ0v) is 14.9. The molecule has 0 amide bonds. The van der Waals surface area contributed by atoms with Gasteiger partial charge in [0.05, 0.1) is 0 Å². The first-order valence-electron chi connectivity index (χ1n) is 9.04. The standard InChI is InChI=1S/C17H36N4O/c1-4-6-12-22-13-7-9-19-17(18-3)20-14-16-8-11-21(15-16)10-5-2/h16H,4-15H2,1-3H3,(H2,18,19,20). The normalized spacial score (nSPS) is 19.6. The summed E-state index contributed by atoms with van der Waals surface area (Å²) in [4.78, 5) is 6.86. The topological polar surface area (TPSA) is 48.9 Å². The van der Waals surface area contributed by atoms with Crippen molar-refractivity contribution in [3.63, 3.8) is 0 Å². The van der Waals surface area contributed by atoms with E-state index in [9.17, 15) is 0 Å². The summed E-state index contributed by atoms with van der Waals surface area (Å²) >= 11 is 0. The van der Waals surface area contributed by atoms with E-state index in [1.807, 2.05) is 7.05 Å². The van der Waals surface area contributed by atoms with Crippen molar-refractivity contribution >= 4 is 5.96 Å². The highest BCUT2D eigenvalue weighted by atomic mass is 16.5. The molecule has 0 aromatic rings. The molecule has 2 N–H and O–H groups in total. The van der Waals surface area contributed by atoms with Crippen molar-refractivity contribution in [2.75, 3.05) is 53.0 Å². The highest BCUT2D eigenvalue weighted by Crippen LogP contribution is 2.15. The Morgan fingerprint density at radius 1 is 1.18 bits per heavy atom. The van der Waals surface area contributed by atoms with E-state index in [1.165, 1.54) is 38.9 Å². The Bertz CT molecular complexity index is 296. The van der Waals surface area contributed by atoms with Crippen LogP contribution in [0.25, 0.3) is 0 Å². The van der Waals surface area contributed by atoms with E-state index in [0.29, 0.717) is 0 Å². The molecular formula is C17H36N4O. The molecule has 5 nitrogen and oxygen atoms in total. The summed E-state index contributed by atoms with van der Waals surface area (Å²) in [6, 6.07) is 0. The quantitative estimate of drug-likeness (QED) is 0.348. The molecule has 1 rings (SSSR count). The van der Waals surface area contributed by atoms with Crippen LogP contribution in [0.15, 0.2) is 4.99 Å². The van der Waals surface area contributed by atoms with Crippen LogP contribution >= 0.6 is 0 Å². The van der Waals surface area contributed by atoms with Gasteiger partial charge in [-0.25, -0.2) is 0 Å². The Hall–Kier alpha value is -0.810. The predicted octanol–water partition coefficient (Wildman–Crippen LogP) is 2.09. The molecule has 0 aromatic heterocycles. The molecule has 0 aliphatic carbocycles. The van der Waals surface area contributed by atoms with Crippen LogP contribution in [0.3, 0.4) is 0 Å². The Labute approximate surface area is 136 Å². The maximum absolute atomic E-state index is 5.56. The van der Waals surface area contributed by atoms with Crippen molar-refractivity contribution in [3.05, 3.63) is 0 Å². The lowest BCUT2D eigenvalue weighted by Gasteiger charge is -2.17. The SMILES string of the molecule is CCCCOCCCNC(=NC)NCC1CCN(CCC)C1. The Kier molecular flexibility index (Phi) is 11.1. The molecule has 22 heavy (non-hydrogen) atoms. The summed E-state index contributed by atoms with van der Waals surface area (Å²) in [6.45, 7) is 11.8. The summed E-state index contributed by atoms with van der Waals surface area (Å²) < 4.78 is 5.56. The van der Waals surface area contributed by atoms with E-state index in [0.717, 1.165) is 51.0 Å². The van der Waals surface area contributed by atoms with E-state index >= 15 is 0 Å². The molecule has 1 aliphatic heterocycles. The molecule has 1 heterocycles. The molecule has 0 aromatic carbocycles. The Morgan fingerprint density at radius 2 is 2.00 bits per heavy atom. The lowest BCUT2D eigenvalue weighted by atomic mass is 10.1. The van der Waals surface area contributed by atoms with Gasteiger partial charge in [-0.2, -0.15) is 0 Å². The number of rotatable bonds is 11. The molecule has 1 atom stereocenters. The summed E-state index contributed by atoms with van der Waals surface area (Å²) in [5.74, 6) is 1.67. The Balaban J connectivity index is 2.03. The van der Waals surface area contributed by atoms with Gasteiger partial charge >= 0.3 is 0 Å². The second kappa shape index (κ2) is 12.7. The molecule has 0 saturated carbocycles. The van der Waals surface area contributed by atoms with Crippen LogP contribution in [0.4, 0.5) is 0 Å². The number of nitrogens with zero attached hydrogens (tertiary/aromatic N) is 2. The van der Waals surface area contributed by atoms with Gasteiger partial charge < -0.3 is 20.3 Å². The fourth-order valence-electron chi connectivity index (χ4n) is 2.79. The molecule has 0 bridgehead atoms. The van der Waals surface area contributed by atoms with Gasteiger partial charge in [0.2, 0.25) is 0 Å². The van der Waals surface area contributed by atoms with Crippen LogP contribution in [0.2, 0.25) is 0 Å². The minimum absolute atomic E-state index is 0.752. The number of aliphatic imine (C=N–C) groups is 1. The summed E-state index contributed by atoms with van der Waals surface area (Å²) in [6.07, 6.45) is 5.94. The van der Waals surface area contributed by atoms with Crippen molar-refractivity contribution in [2.24, 2.45) is 10.9 Å². The number of ether oxygens (including phenoxy) is 1. The highest BCUT2D eigenvalue weighted by molar-refractivity contribution is 5.79. The van der Waals surface area contributed by atoms with Crippen LogP contribution in [-0.2, 0) is 4.74 Å². The minimum Gasteiger partial charge on any atom is -0.381 e. The summed E-state index contributed by atoms with van der Waals surface area (Å²) in [7, 11) is 1.84. The van der Waals surface area contributed by atoms with Crippen molar-refractivity contribution in [1.82, 2.24) is 15.5 Å².